The molecule has 14 rings (SSSR count). The lowest BCUT2D eigenvalue weighted by atomic mass is 9.92. The molecule has 0 aliphatic carbocycles. The highest BCUT2D eigenvalue weighted by Gasteiger charge is 2.21. The highest BCUT2D eigenvalue weighted by molar-refractivity contribution is 7.27. The average molecular weight is 895 g/mol. The Bertz CT molecular complexity index is 4260. The van der Waals surface area contributed by atoms with Crippen molar-refractivity contribution in [2.45, 2.75) is 0 Å². The van der Waals surface area contributed by atoms with E-state index < -0.39 is 0 Å². The predicted molar refractivity (Wildman–Crippen MR) is 297 cm³/mol. The molecule has 69 heavy (non-hydrogen) atoms. The van der Waals surface area contributed by atoms with Crippen molar-refractivity contribution in [3.05, 3.63) is 255 Å². The summed E-state index contributed by atoms with van der Waals surface area (Å²) in [7, 11) is 0. The minimum atomic E-state index is 1.08. The van der Waals surface area contributed by atoms with Crippen LogP contribution in [0.2, 0.25) is 0 Å². The molecule has 0 aliphatic heterocycles. The molecule has 0 aliphatic rings. The molecule has 0 amide bonds. The van der Waals surface area contributed by atoms with Gasteiger partial charge < -0.3 is 9.47 Å². The van der Waals surface area contributed by atoms with E-state index in [2.05, 4.69) is 264 Å². The molecule has 0 spiro atoms. The van der Waals surface area contributed by atoms with Crippen molar-refractivity contribution in [3.63, 3.8) is 0 Å². The number of rotatable bonds is 7. The largest absolute Gasteiger partial charge is 0.310 e. The summed E-state index contributed by atoms with van der Waals surface area (Å²) in [6.07, 6.45) is 0. The van der Waals surface area contributed by atoms with E-state index in [1.165, 1.54) is 102 Å². The van der Waals surface area contributed by atoms with Crippen molar-refractivity contribution in [2.75, 3.05) is 4.90 Å². The zero-order valence-electron chi connectivity index (χ0n) is 37.6. The van der Waals surface area contributed by atoms with Crippen LogP contribution in [0.1, 0.15) is 0 Å². The number of para-hydroxylation sites is 4. The van der Waals surface area contributed by atoms with Gasteiger partial charge in [0.05, 0.1) is 22.4 Å². The van der Waals surface area contributed by atoms with Gasteiger partial charge in [-0.05, 0) is 109 Å². The SMILES string of the molecule is c1ccc(N(c2ccc(-c3ccccc3-n3c4ccccc4c4ccccc43)cc2)c2ccc(-c3cccc4c3sc3c5ccccc5ccc43)cc2)c(-c2cc3ccccc3c3ccccc23)c1. The fraction of sp³-hybridized carbons (Fsp3) is 0. The van der Waals surface area contributed by atoms with Crippen molar-refractivity contribution in [1.82, 2.24) is 4.57 Å². The first-order valence-corrected chi connectivity index (χ1v) is 24.5. The second-order valence-corrected chi connectivity index (χ2v) is 19.0. The van der Waals surface area contributed by atoms with Crippen LogP contribution in [0.3, 0.4) is 0 Å². The smallest absolute Gasteiger partial charge is 0.0541 e. The molecule has 12 aromatic carbocycles. The zero-order valence-corrected chi connectivity index (χ0v) is 38.4. The first kappa shape index (κ1) is 39.4. The summed E-state index contributed by atoms with van der Waals surface area (Å²) in [4.78, 5) is 2.44. The topological polar surface area (TPSA) is 8.17 Å². The molecular formula is C66H42N2S. The molecule has 322 valence electrons. The van der Waals surface area contributed by atoms with Crippen LogP contribution in [0.5, 0.6) is 0 Å². The highest BCUT2D eigenvalue weighted by atomic mass is 32.1. The Morgan fingerprint density at radius 2 is 0.797 bits per heavy atom. The number of fused-ring (bicyclic) bond motifs is 11. The standard InChI is InChI=1S/C66H42N2S/c1-4-20-51-43(16-1)36-41-59-58-27-15-26-52(65(58)69-66(51)59)45-34-39-48(40-35-45)67(62-29-12-10-25-57(62)60-42-46-17-2-3-18-49(46)53-21-5-6-22-54(53)60)47-37-32-44(33-38-47)50-19-7-11-28-61(50)68-63-30-13-8-23-55(63)56-24-9-14-31-64(56)68/h1-42H. The summed E-state index contributed by atoms with van der Waals surface area (Å²) < 4.78 is 5.09. The van der Waals surface area contributed by atoms with E-state index >= 15 is 0 Å². The molecule has 14 aromatic rings. The van der Waals surface area contributed by atoms with Gasteiger partial charge in [-0.1, -0.05) is 200 Å². The molecule has 3 heteroatoms. The van der Waals surface area contributed by atoms with E-state index in [0.717, 1.165) is 28.3 Å². The van der Waals surface area contributed by atoms with Crippen LogP contribution in [-0.2, 0) is 0 Å². The minimum Gasteiger partial charge on any atom is -0.310 e. The third kappa shape index (κ3) is 6.32. The van der Waals surface area contributed by atoms with Gasteiger partial charge in [-0.15, -0.1) is 11.3 Å². The molecule has 0 saturated carbocycles. The summed E-state index contributed by atoms with van der Waals surface area (Å²) in [5.41, 5.74) is 14.0. The average Bonchev–Trinajstić information content (AvgIpc) is 3.98. The van der Waals surface area contributed by atoms with Crippen LogP contribution in [0.25, 0.3) is 113 Å². The van der Waals surface area contributed by atoms with Gasteiger partial charge in [0.1, 0.15) is 0 Å². The first-order valence-electron chi connectivity index (χ1n) is 23.7. The summed E-state index contributed by atoms with van der Waals surface area (Å²) in [6.45, 7) is 0. The number of thiophene rings is 1. The van der Waals surface area contributed by atoms with Gasteiger partial charge in [0, 0.05) is 53.4 Å². The summed E-state index contributed by atoms with van der Waals surface area (Å²) in [5, 5.41) is 12.7. The molecule has 2 heterocycles. The second kappa shape index (κ2) is 16.0. The quantitative estimate of drug-likeness (QED) is 0.145. The molecule has 0 N–H and O–H groups in total. The molecule has 0 radical (unpaired) electrons. The van der Waals surface area contributed by atoms with Gasteiger partial charge in [-0.25, -0.2) is 0 Å². The Labute approximate surface area is 403 Å². The predicted octanol–water partition coefficient (Wildman–Crippen LogP) is 19.1. The Morgan fingerprint density at radius 1 is 0.290 bits per heavy atom. The van der Waals surface area contributed by atoms with Crippen molar-refractivity contribution in [1.29, 1.82) is 0 Å². The van der Waals surface area contributed by atoms with Gasteiger partial charge >= 0.3 is 0 Å². The van der Waals surface area contributed by atoms with Gasteiger partial charge in [0.2, 0.25) is 0 Å². The van der Waals surface area contributed by atoms with Gasteiger partial charge in [-0.2, -0.15) is 0 Å². The molecule has 0 bridgehead atoms. The van der Waals surface area contributed by atoms with Crippen LogP contribution < -0.4 is 4.90 Å². The molecule has 0 unspecified atom stereocenters. The van der Waals surface area contributed by atoms with E-state index in [4.69, 9.17) is 0 Å². The number of benzene rings is 12. The maximum absolute atomic E-state index is 2.44. The van der Waals surface area contributed by atoms with Crippen molar-refractivity contribution < 1.29 is 0 Å². The van der Waals surface area contributed by atoms with Crippen molar-refractivity contribution >= 4 is 103 Å². The summed E-state index contributed by atoms with van der Waals surface area (Å²) >= 11 is 1.91. The monoisotopic (exact) mass is 894 g/mol. The normalized spacial score (nSPS) is 11.8. The maximum Gasteiger partial charge on any atom is 0.0541 e. The molecule has 2 aromatic heterocycles. The first-order chi connectivity index (χ1) is 34.2. The van der Waals surface area contributed by atoms with Crippen LogP contribution in [0, 0.1) is 0 Å². The maximum atomic E-state index is 2.44. The fourth-order valence-electron chi connectivity index (χ4n) is 11.0. The van der Waals surface area contributed by atoms with Crippen molar-refractivity contribution in [3.8, 4) is 39.1 Å². The van der Waals surface area contributed by atoms with E-state index in [-0.39, 0.29) is 0 Å². The highest BCUT2D eigenvalue weighted by Crippen LogP contribution is 2.47. The van der Waals surface area contributed by atoms with Gasteiger partial charge in [0.25, 0.3) is 0 Å². The molecule has 2 nitrogen and oxygen atoms in total. The van der Waals surface area contributed by atoms with Crippen molar-refractivity contribution in [2.24, 2.45) is 0 Å². The third-order valence-electron chi connectivity index (χ3n) is 14.2. The Balaban J connectivity index is 0.933. The zero-order chi connectivity index (χ0) is 45.4. The molecule has 0 saturated heterocycles. The van der Waals surface area contributed by atoms with E-state index in [0.29, 0.717) is 0 Å². The van der Waals surface area contributed by atoms with E-state index in [9.17, 15) is 0 Å². The Hall–Kier alpha value is -8.76. The number of anilines is 3. The van der Waals surface area contributed by atoms with Crippen LogP contribution >= 0.6 is 11.3 Å². The minimum absolute atomic E-state index is 1.08. The number of nitrogens with zero attached hydrogens (tertiary/aromatic N) is 2. The number of aromatic nitrogens is 1. The van der Waals surface area contributed by atoms with Crippen LogP contribution in [0.4, 0.5) is 17.1 Å². The lowest BCUT2D eigenvalue weighted by Gasteiger charge is -2.29. The van der Waals surface area contributed by atoms with E-state index in [1.807, 2.05) is 11.3 Å². The van der Waals surface area contributed by atoms with Crippen LogP contribution in [-0.4, -0.2) is 4.57 Å². The Morgan fingerprint density at radius 3 is 1.52 bits per heavy atom. The third-order valence-corrected chi connectivity index (χ3v) is 15.5. The summed E-state index contributed by atoms with van der Waals surface area (Å²) in [5.74, 6) is 0. The fourth-order valence-corrected chi connectivity index (χ4v) is 12.4. The summed E-state index contributed by atoms with van der Waals surface area (Å²) in [6, 6.07) is 93.7. The van der Waals surface area contributed by atoms with Gasteiger partial charge in [0.15, 0.2) is 0 Å². The molecule has 0 fully saturated rings. The molecule has 0 atom stereocenters. The number of hydrogen-bond acceptors (Lipinski definition) is 2. The Kier molecular flexibility index (Phi) is 9.11. The number of hydrogen-bond donors (Lipinski definition) is 0. The van der Waals surface area contributed by atoms with E-state index in [1.54, 1.807) is 0 Å². The van der Waals surface area contributed by atoms with Crippen LogP contribution in [0.15, 0.2) is 255 Å². The second-order valence-electron chi connectivity index (χ2n) is 18.0. The lowest BCUT2D eigenvalue weighted by Crippen LogP contribution is -2.11. The lowest BCUT2D eigenvalue weighted by molar-refractivity contribution is 1.18. The van der Waals surface area contributed by atoms with Gasteiger partial charge in [-0.3, -0.25) is 0 Å². The molecular weight excluding hydrogens is 853 g/mol.